The topological polar surface area (TPSA) is 60.7 Å². The molecule has 2 aromatic rings. The van der Waals surface area contributed by atoms with Crippen molar-refractivity contribution in [1.82, 2.24) is 0 Å². The summed E-state index contributed by atoms with van der Waals surface area (Å²) < 4.78 is 0. The molecular formula is C23H32O3. The maximum Gasteiger partial charge on any atom is 0.127 e. The second-order valence-corrected chi connectivity index (χ2v) is 7.89. The molecule has 2 rings (SSSR count). The van der Waals surface area contributed by atoms with Gasteiger partial charge in [0.05, 0.1) is 12.2 Å². The predicted octanol–water partition coefficient (Wildman–Crippen LogP) is 5.81. The van der Waals surface area contributed by atoms with E-state index in [9.17, 15) is 15.3 Å². The van der Waals surface area contributed by atoms with E-state index >= 15 is 0 Å². The number of phenolic OH excluding ortho intramolecular Hbond substituents is 2. The molecule has 3 heteroatoms. The number of hydrogen-bond acceptors (Lipinski definition) is 3. The van der Waals surface area contributed by atoms with Crippen LogP contribution in [0.15, 0.2) is 30.3 Å². The van der Waals surface area contributed by atoms with Crippen LogP contribution in [0.25, 0.3) is 11.1 Å². The van der Waals surface area contributed by atoms with Gasteiger partial charge in [-0.1, -0.05) is 58.6 Å². The first-order valence-electron chi connectivity index (χ1n) is 9.57. The summed E-state index contributed by atoms with van der Waals surface area (Å²) in [6.45, 7) is 8.38. The molecule has 142 valence electrons. The van der Waals surface area contributed by atoms with Gasteiger partial charge in [0.15, 0.2) is 0 Å². The molecule has 0 fully saturated rings. The van der Waals surface area contributed by atoms with Crippen molar-refractivity contribution in [3.05, 3.63) is 47.0 Å². The fourth-order valence-corrected chi connectivity index (χ4v) is 3.45. The molecule has 0 radical (unpaired) electrons. The Morgan fingerprint density at radius 2 is 1.58 bits per heavy atom. The zero-order valence-electron chi connectivity index (χ0n) is 16.5. The smallest absolute Gasteiger partial charge is 0.127 e. The van der Waals surface area contributed by atoms with Crippen molar-refractivity contribution in [1.29, 1.82) is 0 Å². The van der Waals surface area contributed by atoms with Crippen LogP contribution >= 0.6 is 0 Å². The highest BCUT2D eigenvalue weighted by atomic mass is 16.3. The van der Waals surface area contributed by atoms with Crippen LogP contribution in [0.2, 0.25) is 0 Å². The van der Waals surface area contributed by atoms with Gasteiger partial charge in [-0.15, -0.1) is 0 Å². The lowest BCUT2D eigenvalue weighted by molar-refractivity contribution is 0.282. The molecule has 0 amide bonds. The molecule has 2 aromatic carbocycles. The normalized spacial score (nSPS) is 11.7. The molecule has 0 aromatic heterocycles. The second kappa shape index (κ2) is 8.59. The minimum atomic E-state index is -0.108. The monoisotopic (exact) mass is 356 g/mol. The van der Waals surface area contributed by atoms with E-state index in [-0.39, 0.29) is 23.5 Å². The first kappa shape index (κ1) is 20.3. The molecule has 0 bridgehead atoms. The van der Waals surface area contributed by atoms with Gasteiger partial charge in [0, 0.05) is 0 Å². The van der Waals surface area contributed by atoms with Crippen LogP contribution < -0.4 is 0 Å². The Morgan fingerprint density at radius 1 is 0.923 bits per heavy atom. The quantitative estimate of drug-likeness (QED) is 0.523. The van der Waals surface area contributed by atoms with E-state index in [4.69, 9.17) is 0 Å². The number of aliphatic hydroxyl groups is 1. The van der Waals surface area contributed by atoms with Crippen LogP contribution in [0.4, 0.5) is 0 Å². The molecule has 0 aliphatic rings. The van der Waals surface area contributed by atoms with Gasteiger partial charge in [-0.2, -0.15) is 0 Å². The molecular weight excluding hydrogens is 324 g/mol. The second-order valence-electron chi connectivity index (χ2n) is 7.89. The number of aliphatic hydroxyl groups excluding tert-OH is 1. The molecule has 26 heavy (non-hydrogen) atoms. The van der Waals surface area contributed by atoms with Gasteiger partial charge in [-0.3, -0.25) is 0 Å². The lowest BCUT2D eigenvalue weighted by Gasteiger charge is -2.26. The van der Waals surface area contributed by atoms with Gasteiger partial charge < -0.3 is 15.3 Å². The van der Waals surface area contributed by atoms with Gasteiger partial charge in [0.1, 0.15) is 11.5 Å². The zero-order chi connectivity index (χ0) is 19.3. The largest absolute Gasteiger partial charge is 0.507 e. The third kappa shape index (κ3) is 4.59. The molecule has 0 heterocycles. The average molecular weight is 357 g/mol. The van der Waals surface area contributed by atoms with Crippen molar-refractivity contribution < 1.29 is 15.3 Å². The van der Waals surface area contributed by atoms with Crippen molar-refractivity contribution in [3.63, 3.8) is 0 Å². The van der Waals surface area contributed by atoms with Crippen LogP contribution in [0.3, 0.4) is 0 Å². The molecule has 0 aliphatic heterocycles. The standard InChI is InChI=1S/C23H32O3/c1-5-6-7-8-11-23(3,4)18-13-20(25)22(21(26)14-18)19-12-17(15-24)10-9-16(19)2/h9-10,12-14,24-26H,5-8,11,15H2,1-4H3. The van der Waals surface area contributed by atoms with Crippen molar-refractivity contribution >= 4 is 0 Å². The number of aryl methyl sites for hydroxylation is 1. The number of rotatable bonds is 8. The summed E-state index contributed by atoms with van der Waals surface area (Å²) in [5.41, 5.74) is 3.72. The first-order valence-corrected chi connectivity index (χ1v) is 9.57. The Bertz CT molecular complexity index is 724. The highest BCUT2D eigenvalue weighted by Crippen LogP contribution is 2.43. The Balaban J connectivity index is 2.36. The predicted molar refractivity (Wildman–Crippen MR) is 108 cm³/mol. The number of phenols is 2. The van der Waals surface area contributed by atoms with Gasteiger partial charge in [-0.25, -0.2) is 0 Å². The number of benzene rings is 2. The van der Waals surface area contributed by atoms with Crippen molar-refractivity contribution in [2.24, 2.45) is 0 Å². The van der Waals surface area contributed by atoms with E-state index in [1.165, 1.54) is 19.3 Å². The molecule has 0 spiro atoms. The van der Waals surface area contributed by atoms with Crippen molar-refractivity contribution in [2.45, 2.75) is 71.8 Å². The van der Waals surface area contributed by atoms with Gasteiger partial charge in [0.25, 0.3) is 0 Å². The van der Waals surface area contributed by atoms with Crippen molar-refractivity contribution in [2.75, 3.05) is 0 Å². The summed E-state index contributed by atoms with van der Waals surface area (Å²) in [5, 5.41) is 30.7. The molecule has 3 nitrogen and oxygen atoms in total. The van der Waals surface area contributed by atoms with Gasteiger partial charge >= 0.3 is 0 Å². The highest BCUT2D eigenvalue weighted by molar-refractivity contribution is 5.79. The lowest BCUT2D eigenvalue weighted by atomic mass is 9.79. The fourth-order valence-electron chi connectivity index (χ4n) is 3.45. The molecule has 0 saturated heterocycles. The fraction of sp³-hybridized carbons (Fsp3) is 0.478. The summed E-state index contributed by atoms with van der Waals surface area (Å²) in [5.74, 6) is 0.166. The number of aromatic hydroxyl groups is 2. The van der Waals surface area contributed by atoms with Crippen LogP contribution in [-0.2, 0) is 12.0 Å². The molecule has 0 unspecified atom stereocenters. The number of unbranched alkanes of at least 4 members (excludes halogenated alkanes) is 3. The van der Waals surface area contributed by atoms with Crippen LogP contribution in [0, 0.1) is 6.92 Å². The highest BCUT2D eigenvalue weighted by Gasteiger charge is 2.24. The minimum absolute atomic E-state index is 0.0717. The van der Waals surface area contributed by atoms with E-state index in [0.717, 1.165) is 35.1 Å². The Labute approximate surface area is 157 Å². The molecule has 3 N–H and O–H groups in total. The third-order valence-corrected chi connectivity index (χ3v) is 5.29. The summed E-state index contributed by atoms with van der Waals surface area (Å²) in [7, 11) is 0. The first-order chi connectivity index (χ1) is 12.3. The van der Waals surface area contributed by atoms with E-state index in [1.54, 1.807) is 12.1 Å². The summed E-state index contributed by atoms with van der Waals surface area (Å²) in [6.07, 6.45) is 5.82. The van der Waals surface area contributed by atoms with Crippen LogP contribution in [0.5, 0.6) is 11.5 Å². The minimum Gasteiger partial charge on any atom is -0.507 e. The third-order valence-electron chi connectivity index (χ3n) is 5.29. The SMILES string of the molecule is CCCCCCC(C)(C)c1cc(O)c(-c2cc(CO)ccc2C)c(O)c1. The molecule has 0 atom stereocenters. The Morgan fingerprint density at radius 3 is 2.15 bits per heavy atom. The van der Waals surface area contributed by atoms with E-state index in [0.29, 0.717) is 5.56 Å². The molecule has 0 saturated carbocycles. The summed E-state index contributed by atoms with van der Waals surface area (Å²) in [6, 6.07) is 9.12. The van der Waals surface area contributed by atoms with Gasteiger partial charge in [0.2, 0.25) is 0 Å². The zero-order valence-corrected chi connectivity index (χ0v) is 16.5. The maximum atomic E-state index is 10.7. The van der Waals surface area contributed by atoms with Crippen LogP contribution in [-0.4, -0.2) is 15.3 Å². The Kier molecular flexibility index (Phi) is 6.71. The van der Waals surface area contributed by atoms with Crippen molar-refractivity contribution in [3.8, 4) is 22.6 Å². The Hall–Kier alpha value is -2.00. The van der Waals surface area contributed by atoms with Gasteiger partial charge in [-0.05, 0) is 59.2 Å². The summed E-state index contributed by atoms with van der Waals surface area (Å²) in [4.78, 5) is 0. The number of hydrogen-bond donors (Lipinski definition) is 3. The van der Waals surface area contributed by atoms with E-state index in [2.05, 4.69) is 20.8 Å². The average Bonchev–Trinajstić information content (AvgIpc) is 2.59. The summed E-state index contributed by atoms with van der Waals surface area (Å²) >= 11 is 0. The lowest BCUT2D eigenvalue weighted by Crippen LogP contribution is -2.17. The van der Waals surface area contributed by atoms with Crippen LogP contribution in [0.1, 0.15) is 69.6 Å². The molecule has 0 aliphatic carbocycles. The van der Waals surface area contributed by atoms with E-state index in [1.807, 2.05) is 25.1 Å². The maximum absolute atomic E-state index is 10.7. The van der Waals surface area contributed by atoms with E-state index < -0.39 is 0 Å².